The normalized spacial score (nSPS) is 15.9. The quantitative estimate of drug-likeness (QED) is 0.321. The molecule has 7 nitrogen and oxygen atoms in total. The number of hydrogen-bond donors (Lipinski definition) is 2. The number of hydrogen-bond acceptors (Lipinski definition) is 4. The minimum absolute atomic E-state index is 0.413. The summed E-state index contributed by atoms with van der Waals surface area (Å²) in [5, 5.41) is 3.23. The molecule has 0 amide bonds. The zero-order chi connectivity index (χ0) is 16.4. The van der Waals surface area contributed by atoms with Gasteiger partial charge in [0.2, 0.25) is 10.0 Å². The molecule has 1 fully saturated rings. The molecule has 0 aromatic heterocycles. The fourth-order valence-corrected chi connectivity index (χ4v) is 2.35. The van der Waals surface area contributed by atoms with Crippen LogP contribution in [0.15, 0.2) is 4.99 Å². The summed E-state index contributed by atoms with van der Waals surface area (Å²) >= 11 is 0. The predicted octanol–water partition coefficient (Wildman–Crippen LogP) is 0.250. The zero-order valence-electron chi connectivity index (χ0n) is 14.0. The van der Waals surface area contributed by atoms with E-state index in [2.05, 4.69) is 15.0 Å². The highest BCUT2D eigenvalue weighted by Crippen LogP contribution is 2.28. The van der Waals surface area contributed by atoms with E-state index in [1.165, 1.54) is 12.8 Å². The monoisotopic (exact) mass is 334 g/mol. The minimum Gasteiger partial charge on any atom is -0.379 e. The Balaban J connectivity index is 2.22. The molecule has 1 rings (SSSR count). The van der Waals surface area contributed by atoms with Gasteiger partial charge in [-0.05, 0) is 32.1 Å². The number of likely N-dealkylation sites (N-methyl/N-ethyl adjacent to an activating group) is 1. The zero-order valence-corrected chi connectivity index (χ0v) is 14.8. The summed E-state index contributed by atoms with van der Waals surface area (Å²) in [6.07, 6.45) is 4.45. The lowest BCUT2D eigenvalue weighted by Gasteiger charge is -2.22. The van der Waals surface area contributed by atoms with Crippen molar-refractivity contribution in [2.45, 2.75) is 26.2 Å². The molecule has 1 aliphatic carbocycles. The number of guanidine groups is 1. The third-order valence-electron chi connectivity index (χ3n) is 3.28. The Morgan fingerprint density at radius 3 is 2.73 bits per heavy atom. The van der Waals surface area contributed by atoms with Crippen molar-refractivity contribution in [2.75, 3.05) is 52.7 Å². The number of ether oxygens (including phenoxy) is 1. The van der Waals surface area contributed by atoms with Gasteiger partial charge in [0.05, 0.1) is 12.9 Å². The van der Waals surface area contributed by atoms with E-state index < -0.39 is 10.0 Å². The van der Waals surface area contributed by atoms with E-state index in [4.69, 9.17) is 4.74 Å². The molecule has 0 bridgehead atoms. The first-order valence-electron chi connectivity index (χ1n) is 7.94. The fraction of sp³-hybridized carbons (Fsp3) is 0.929. The van der Waals surface area contributed by atoms with Crippen LogP contribution in [-0.4, -0.2) is 72.0 Å². The second-order valence-corrected chi connectivity index (χ2v) is 7.53. The van der Waals surface area contributed by atoms with Gasteiger partial charge in [0.15, 0.2) is 5.96 Å². The van der Waals surface area contributed by atoms with Crippen LogP contribution in [0.25, 0.3) is 0 Å². The molecule has 0 saturated heterocycles. The van der Waals surface area contributed by atoms with Crippen molar-refractivity contribution in [1.82, 2.24) is 14.9 Å². The van der Waals surface area contributed by atoms with Crippen LogP contribution in [0.3, 0.4) is 0 Å². The maximum atomic E-state index is 11.0. The fourth-order valence-electron chi connectivity index (χ4n) is 1.83. The van der Waals surface area contributed by atoms with Gasteiger partial charge in [-0.2, -0.15) is 0 Å². The Morgan fingerprint density at radius 2 is 2.14 bits per heavy atom. The molecule has 0 aromatic carbocycles. The van der Waals surface area contributed by atoms with Crippen molar-refractivity contribution in [3.8, 4) is 0 Å². The maximum Gasteiger partial charge on any atom is 0.208 e. The molecule has 2 N–H and O–H groups in total. The standard InChI is InChI=1S/C14H30N4O3S/c1-4-15-14(16-8-5-9-17-22(3,19)20)18(2)10-11-21-12-13-6-7-13/h13,17H,4-12H2,1-3H3,(H,15,16). The van der Waals surface area contributed by atoms with Gasteiger partial charge in [0, 0.05) is 39.8 Å². The van der Waals surface area contributed by atoms with Crippen LogP contribution in [0, 0.1) is 5.92 Å². The first kappa shape index (κ1) is 19.2. The van der Waals surface area contributed by atoms with E-state index in [9.17, 15) is 8.42 Å². The van der Waals surface area contributed by atoms with Gasteiger partial charge in [-0.1, -0.05) is 0 Å². The number of rotatable bonds is 11. The average molecular weight is 334 g/mol. The highest BCUT2D eigenvalue weighted by molar-refractivity contribution is 7.88. The second kappa shape index (κ2) is 10.0. The van der Waals surface area contributed by atoms with E-state index in [-0.39, 0.29) is 0 Å². The lowest BCUT2D eigenvalue weighted by Crippen LogP contribution is -2.40. The summed E-state index contributed by atoms with van der Waals surface area (Å²) in [5.41, 5.74) is 0. The lowest BCUT2D eigenvalue weighted by atomic mass is 10.4. The third-order valence-corrected chi connectivity index (χ3v) is 4.01. The average Bonchev–Trinajstić information content (AvgIpc) is 3.24. The summed E-state index contributed by atoms with van der Waals surface area (Å²) in [5.74, 6) is 1.62. The number of nitrogens with zero attached hydrogens (tertiary/aromatic N) is 2. The van der Waals surface area contributed by atoms with Gasteiger partial charge < -0.3 is 15.0 Å². The molecule has 8 heteroatoms. The van der Waals surface area contributed by atoms with E-state index >= 15 is 0 Å². The Morgan fingerprint density at radius 1 is 1.41 bits per heavy atom. The molecular weight excluding hydrogens is 304 g/mol. The van der Waals surface area contributed by atoms with Crippen LogP contribution in [0.5, 0.6) is 0 Å². The van der Waals surface area contributed by atoms with E-state index in [1.54, 1.807) is 0 Å². The van der Waals surface area contributed by atoms with Crippen molar-refractivity contribution in [2.24, 2.45) is 10.9 Å². The van der Waals surface area contributed by atoms with Crippen molar-refractivity contribution in [3.05, 3.63) is 0 Å². The number of aliphatic imine (C=N–C) groups is 1. The highest BCUT2D eigenvalue weighted by Gasteiger charge is 2.21. The molecule has 22 heavy (non-hydrogen) atoms. The van der Waals surface area contributed by atoms with Gasteiger partial charge in [-0.3, -0.25) is 4.99 Å². The van der Waals surface area contributed by atoms with Crippen LogP contribution in [-0.2, 0) is 14.8 Å². The largest absolute Gasteiger partial charge is 0.379 e. The summed E-state index contributed by atoms with van der Waals surface area (Å²) in [7, 11) is -1.13. The molecule has 0 aromatic rings. The molecule has 0 unspecified atom stereocenters. The van der Waals surface area contributed by atoms with E-state index in [1.807, 2.05) is 18.9 Å². The van der Waals surface area contributed by atoms with Crippen LogP contribution in [0.2, 0.25) is 0 Å². The molecule has 130 valence electrons. The van der Waals surface area contributed by atoms with Crippen LogP contribution < -0.4 is 10.0 Å². The Hall–Kier alpha value is -0.860. The van der Waals surface area contributed by atoms with Crippen LogP contribution in [0.4, 0.5) is 0 Å². The summed E-state index contributed by atoms with van der Waals surface area (Å²) in [4.78, 5) is 6.54. The predicted molar refractivity (Wildman–Crippen MR) is 89.6 cm³/mol. The van der Waals surface area contributed by atoms with Crippen molar-refractivity contribution in [3.63, 3.8) is 0 Å². The minimum atomic E-state index is -3.11. The molecule has 0 spiro atoms. The van der Waals surface area contributed by atoms with Gasteiger partial charge in [0.25, 0.3) is 0 Å². The van der Waals surface area contributed by atoms with Gasteiger partial charge in [-0.25, -0.2) is 13.1 Å². The molecule has 1 saturated carbocycles. The Kier molecular flexibility index (Phi) is 8.74. The number of nitrogens with one attached hydrogen (secondary N) is 2. The second-order valence-electron chi connectivity index (χ2n) is 5.70. The SMILES string of the molecule is CCNC(=NCCCNS(C)(=O)=O)N(C)CCOCC1CC1. The summed E-state index contributed by atoms with van der Waals surface area (Å²) in [6, 6.07) is 0. The molecule has 0 aliphatic heterocycles. The van der Waals surface area contributed by atoms with Crippen molar-refractivity contribution >= 4 is 16.0 Å². The Labute approximate surface area is 134 Å². The van der Waals surface area contributed by atoms with Crippen LogP contribution in [0.1, 0.15) is 26.2 Å². The molecule has 0 heterocycles. The van der Waals surface area contributed by atoms with Gasteiger partial charge in [0.1, 0.15) is 0 Å². The van der Waals surface area contributed by atoms with Crippen LogP contribution >= 0.6 is 0 Å². The van der Waals surface area contributed by atoms with Crippen molar-refractivity contribution < 1.29 is 13.2 Å². The highest BCUT2D eigenvalue weighted by atomic mass is 32.2. The first-order chi connectivity index (χ1) is 10.4. The lowest BCUT2D eigenvalue weighted by molar-refractivity contribution is 0.115. The smallest absolute Gasteiger partial charge is 0.208 e. The molecule has 0 atom stereocenters. The summed E-state index contributed by atoms with van der Waals surface area (Å²) in [6.45, 7) is 6.19. The van der Waals surface area contributed by atoms with Crippen molar-refractivity contribution in [1.29, 1.82) is 0 Å². The van der Waals surface area contributed by atoms with Gasteiger partial charge in [-0.15, -0.1) is 0 Å². The van der Waals surface area contributed by atoms with E-state index in [0.717, 1.165) is 37.8 Å². The summed E-state index contributed by atoms with van der Waals surface area (Å²) < 4.78 is 30.0. The maximum absolute atomic E-state index is 11.0. The topological polar surface area (TPSA) is 83.0 Å². The number of sulfonamides is 1. The first-order valence-corrected chi connectivity index (χ1v) is 9.83. The molecular formula is C14H30N4O3S. The van der Waals surface area contributed by atoms with E-state index in [0.29, 0.717) is 26.1 Å². The molecule has 0 radical (unpaired) electrons. The van der Waals surface area contributed by atoms with Gasteiger partial charge >= 0.3 is 0 Å². The Bertz CT molecular complexity index is 435. The third kappa shape index (κ3) is 9.97. The molecule has 1 aliphatic rings.